The maximum absolute atomic E-state index is 13.2. The monoisotopic (exact) mass is 474 g/mol. The maximum Gasteiger partial charge on any atom is 0.286 e. The molecule has 1 atom stereocenters. The number of benzene rings is 2. The highest BCUT2D eigenvalue weighted by Gasteiger charge is 2.32. The SMILES string of the molecule is CCNC(=O)c1ccc(COc2ccc3c(c2)C(c2ccc(C)cc2)N(C(=O)CC(C)C)CC3)o1. The van der Waals surface area contributed by atoms with Gasteiger partial charge in [-0.15, -0.1) is 0 Å². The summed E-state index contributed by atoms with van der Waals surface area (Å²) < 4.78 is 11.7. The Morgan fingerprint density at radius 3 is 2.60 bits per heavy atom. The third kappa shape index (κ3) is 5.76. The molecule has 4 rings (SSSR count). The van der Waals surface area contributed by atoms with Crippen molar-refractivity contribution in [3.05, 3.63) is 88.4 Å². The van der Waals surface area contributed by atoms with Gasteiger partial charge in [0.15, 0.2) is 5.76 Å². The fourth-order valence-electron chi connectivity index (χ4n) is 4.51. The summed E-state index contributed by atoms with van der Waals surface area (Å²) in [6, 6.07) is 17.8. The van der Waals surface area contributed by atoms with Crippen LogP contribution in [0.2, 0.25) is 0 Å². The number of ether oxygens (including phenoxy) is 1. The zero-order valence-electron chi connectivity index (χ0n) is 21.0. The van der Waals surface area contributed by atoms with Crippen molar-refractivity contribution in [2.45, 2.75) is 53.2 Å². The molecule has 0 spiro atoms. The predicted molar refractivity (Wildman–Crippen MR) is 135 cm³/mol. The molecule has 6 heteroatoms. The minimum Gasteiger partial charge on any atom is -0.486 e. The zero-order valence-corrected chi connectivity index (χ0v) is 21.0. The highest BCUT2D eigenvalue weighted by Crippen LogP contribution is 2.38. The number of nitrogens with one attached hydrogen (secondary N) is 1. The highest BCUT2D eigenvalue weighted by molar-refractivity contribution is 5.91. The van der Waals surface area contributed by atoms with Gasteiger partial charge in [-0.2, -0.15) is 0 Å². The zero-order chi connectivity index (χ0) is 24.9. The third-order valence-electron chi connectivity index (χ3n) is 6.25. The van der Waals surface area contributed by atoms with Crippen molar-refractivity contribution in [3.63, 3.8) is 0 Å². The van der Waals surface area contributed by atoms with Crippen molar-refractivity contribution in [3.8, 4) is 5.75 Å². The molecule has 1 N–H and O–H groups in total. The van der Waals surface area contributed by atoms with Gasteiger partial charge in [0.25, 0.3) is 5.91 Å². The van der Waals surface area contributed by atoms with E-state index in [4.69, 9.17) is 9.15 Å². The van der Waals surface area contributed by atoms with Crippen LogP contribution in [0.25, 0.3) is 0 Å². The molecule has 2 amide bonds. The Morgan fingerprint density at radius 2 is 1.89 bits per heavy atom. The van der Waals surface area contributed by atoms with Gasteiger partial charge < -0.3 is 19.4 Å². The Bertz CT molecular complexity index is 1180. The number of carbonyl (C=O) groups excluding carboxylic acids is 2. The molecule has 6 nitrogen and oxygen atoms in total. The molecule has 1 aliphatic rings. The van der Waals surface area contributed by atoms with Gasteiger partial charge in [-0.3, -0.25) is 9.59 Å². The van der Waals surface area contributed by atoms with Gasteiger partial charge in [0.05, 0.1) is 6.04 Å². The number of hydrogen-bond acceptors (Lipinski definition) is 4. The largest absolute Gasteiger partial charge is 0.486 e. The molecular weight excluding hydrogens is 440 g/mol. The van der Waals surface area contributed by atoms with Crippen LogP contribution in [0, 0.1) is 12.8 Å². The number of amides is 2. The number of hydrogen-bond donors (Lipinski definition) is 1. The van der Waals surface area contributed by atoms with E-state index < -0.39 is 0 Å². The molecule has 1 aromatic heterocycles. The number of furan rings is 1. The van der Waals surface area contributed by atoms with Crippen LogP contribution in [0.1, 0.15) is 71.8 Å². The molecule has 2 heterocycles. The third-order valence-corrected chi connectivity index (χ3v) is 6.25. The van der Waals surface area contributed by atoms with E-state index in [1.165, 1.54) is 11.1 Å². The summed E-state index contributed by atoms with van der Waals surface area (Å²) in [6.45, 7) is 9.54. The van der Waals surface area contributed by atoms with E-state index in [0.717, 1.165) is 17.5 Å². The Morgan fingerprint density at radius 1 is 1.11 bits per heavy atom. The van der Waals surface area contributed by atoms with Crippen molar-refractivity contribution in [2.24, 2.45) is 5.92 Å². The van der Waals surface area contributed by atoms with Gasteiger partial charge in [-0.05, 0) is 67.1 Å². The first kappa shape index (κ1) is 24.6. The lowest BCUT2D eigenvalue weighted by atomic mass is 9.87. The van der Waals surface area contributed by atoms with Crippen molar-refractivity contribution in [2.75, 3.05) is 13.1 Å². The standard InChI is InChI=1S/C29H34N2O4/c1-5-30-29(33)26-13-12-24(35-26)18-34-23-11-10-21-14-15-31(27(32)16-19(2)3)28(25(21)17-23)22-8-6-20(4)7-9-22/h6-13,17,19,28H,5,14-16,18H2,1-4H3,(H,30,33). The lowest BCUT2D eigenvalue weighted by molar-refractivity contribution is -0.134. The number of carbonyl (C=O) groups is 2. The van der Waals surface area contributed by atoms with E-state index >= 15 is 0 Å². The summed E-state index contributed by atoms with van der Waals surface area (Å²) in [6.07, 6.45) is 1.34. The second-order valence-electron chi connectivity index (χ2n) is 9.52. The molecule has 184 valence electrons. The molecule has 0 aliphatic carbocycles. The Kier molecular flexibility index (Phi) is 7.59. The Labute approximate surface area is 207 Å². The van der Waals surface area contributed by atoms with Gasteiger partial charge in [0, 0.05) is 19.5 Å². The minimum absolute atomic E-state index is 0.151. The fourth-order valence-corrected chi connectivity index (χ4v) is 4.51. The predicted octanol–water partition coefficient (Wildman–Crippen LogP) is 5.44. The first-order valence-corrected chi connectivity index (χ1v) is 12.3. The lowest BCUT2D eigenvalue weighted by Gasteiger charge is -2.38. The Hall–Kier alpha value is -3.54. The maximum atomic E-state index is 13.2. The first-order chi connectivity index (χ1) is 16.9. The second-order valence-corrected chi connectivity index (χ2v) is 9.52. The fraction of sp³-hybridized carbons (Fsp3) is 0.379. The van der Waals surface area contributed by atoms with Crippen molar-refractivity contribution in [1.29, 1.82) is 0 Å². The van der Waals surface area contributed by atoms with E-state index in [0.29, 0.717) is 36.9 Å². The number of nitrogens with zero attached hydrogens (tertiary/aromatic N) is 1. The van der Waals surface area contributed by atoms with Crippen molar-refractivity contribution < 1.29 is 18.7 Å². The molecule has 0 radical (unpaired) electrons. The molecule has 3 aromatic rings. The molecule has 1 aliphatic heterocycles. The molecule has 0 saturated heterocycles. The van der Waals surface area contributed by atoms with Crippen LogP contribution in [0.5, 0.6) is 5.75 Å². The van der Waals surface area contributed by atoms with Crippen molar-refractivity contribution in [1.82, 2.24) is 10.2 Å². The van der Waals surface area contributed by atoms with E-state index in [9.17, 15) is 9.59 Å². The summed E-state index contributed by atoms with van der Waals surface area (Å²) in [5.74, 6) is 1.79. The van der Waals surface area contributed by atoms with Gasteiger partial charge in [-0.1, -0.05) is 49.7 Å². The van der Waals surface area contributed by atoms with Crippen LogP contribution in [0.3, 0.4) is 0 Å². The molecule has 0 fully saturated rings. The van der Waals surface area contributed by atoms with Gasteiger partial charge in [0.1, 0.15) is 18.1 Å². The van der Waals surface area contributed by atoms with E-state index in [-0.39, 0.29) is 30.2 Å². The summed E-state index contributed by atoms with van der Waals surface area (Å²) in [5, 5.41) is 2.73. The summed E-state index contributed by atoms with van der Waals surface area (Å²) in [4.78, 5) is 27.2. The number of aryl methyl sites for hydroxylation is 1. The second kappa shape index (κ2) is 10.8. The number of fused-ring (bicyclic) bond motifs is 1. The normalized spacial score (nSPS) is 15.1. The van der Waals surface area contributed by atoms with E-state index in [2.05, 4.69) is 56.4 Å². The first-order valence-electron chi connectivity index (χ1n) is 12.3. The van der Waals surface area contributed by atoms with Crippen LogP contribution < -0.4 is 10.1 Å². The average molecular weight is 475 g/mol. The summed E-state index contributed by atoms with van der Waals surface area (Å²) in [7, 11) is 0. The van der Waals surface area contributed by atoms with Crippen LogP contribution in [0.15, 0.2) is 59.0 Å². The van der Waals surface area contributed by atoms with Crippen LogP contribution in [-0.2, 0) is 17.8 Å². The lowest BCUT2D eigenvalue weighted by Crippen LogP contribution is -2.41. The molecule has 0 bridgehead atoms. The van der Waals surface area contributed by atoms with E-state index in [1.54, 1.807) is 12.1 Å². The smallest absolute Gasteiger partial charge is 0.286 e. The van der Waals surface area contributed by atoms with E-state index in [1.807, 2.05) is 24.0 Å². The van der Waals surface area contributed by atoms with Crippen LogP contribution in [-0.4, -0.2) is 29.8 Å². The quantitative estimate of drug-likeness (QED) is 0.472. The molecule has 35 heavy (non-hydrogen) atoms. The summed E-state index contributed by atoms with van der Waals surface area (Å²) in [5.41, 5.74) is 4.61. The van der Waals surface area contributed by atoms with Crippen molar-refractivity contribution >= 4 is 11.8 Å². The highest BCUT2D eigenvalue weighted by atomic mass is 16.5. The van der Waals surface area contributed by atoms with Crippen LogP contribution >= 0.6 is 0 Å². The average Bonchev–Trinajstić information content (AvgIpc) is 3.31. The molecule has 2 aromatic carbocycles. The summed E-state index contributed by atoms with van der Waals surface area (Å²) >= 11 is 0. The minimum atomic E-state index is -0.236. The topological polar surface area (TPSA) is 71.8 Å². The van der Waals surface area contributed by atoms with Gasteiger partial charge >= 0.3 is 0 Å². The molecule has 0 saturated carbocycles. The van der Waals surface area contributed by atoms with Gasteiger partial charge in [-0.25, -0.2) is 0 Å². The van der Waals surface area contributed by atoms with Crippen LogP contribution in [0.4, 0.5) is 0 Å². The van der Waals surface area contributed by atoms with Gasteiger partial charge in [0.2, 0.25) is 5.91 Å². The Balaban J connectivity index is 1.59. The number of rotatable bonds is 8. The molecular formula is C29H34N2O4. The molecule has 1 unspecified atom stereocenters.